The third-order valence-electron chi connectivity index (χ3n) is 8.45. The summed E-state index contributed by atoms with van der Waals surface area (Å²) in [5, 5.41) is 21.6. The first-order valence-electron chi connectivity index (χ1n) is 11.1. The van der Waals surface area contributed by atoms with Gasteiger partial charge >= 0.3 is 0 Å². The fraction of sp³-hybridized carbons (Fsp3) is 0.500. The molecule has 0 spiro atoms. The normalized spacial score (nSPS) is 31.1. The van der Waals surface area contributed by atoms with Crippen molar-refractivity contribution in [2.45, 2.75) is 59.8 Å². The van der Waals surface area contributed by atoms with Gasteiger partial charge < -0.3 is 15.2 Å². The molecular weight excluding hydrogens is 374 g/mol. The van der Waals surface area contributed by atoms with E-state index in [2.05, 4.69) is 38.8 Å². The van der Waals surface area contributed by atoms with Crippen LogP contribution in [-0.2, 0) is 6.42 Å². The van der Waals surface area contributed by atoms with Crippen LogP contribution in [0.5, 0.6) is 11.5 Å². The van der Waals surface area contributed by atoms with Crippen LogP contribution in [0.4, 0.5) is 0 Å². The number of aromatic nitrogens is 1. The summed E-state index contributed by atoms with van der Waals surface area (Å²) >= 11 is 0. The van der Waals surface area contributed by atoms with Gasteiger partial charge in [-0.25, -0.2) is 0 Å². The average Bonchev–Trinajstić information content (AvgIpc) is 2.70. The van der Waals surface area contributed by atoms with E-state index in [4.69, 9.17) is 0 Å². The second kappa shape index (κ2) is 7.33. The minimum Gasteiger partial charge on any atom is -0.508 e. The highest BCUT2D eigenvalue weighted by atomic mass is 16.3. The number of hydrogen-bond acceptors (Lipinski definition) is 3. The highest BCUT2D eigenvalue weighted by Crippen LogP contribution is 2.61. The number of rotatable bonds is 3. The van der Waals surface area contributed by atoms with Gasteiger partial charge in [-0.3, -0.25) is 4.79 Å². The molecule has 2 aliphatic rings. The number of hydrogen-bond donors (Lipinski definition) is 3. The van der Waals surface area contributed by atoms with Gasteiger partial charge in [0.05, 0.1) is 5.56 Å². The Balaban J connectivity index is 1.79. The van der Waals surface area contributed by atoms with E-state index in [9.17, 15) is 15.0 Å². The Kier molecular flexibility index (Phi) is 5.08. The number of aromatic hydroxyl groups is 2. The largest absolute Gasteiger partial charge is 0.508 e. The number of nitrogens with one attached hydrogen (secondary N) is 1. The first kappa shape index (κ1) is 20.8. The highest BCUT2D eigenvalue weighted by molar-refractivity contribution is 5.73. The zero-order valence-corrected chi connectivity index (χ0v) is 18.5. The number of fused-ring (bicyclic) bond motifs is 1. The summed E-state index contributed by atoms with van der Waals surface area (Å²) in [6.45, 7) is 9.37. The number of pyridine rings is 1. The Morgan fingerprint density at radius 1 is 1.17 bits per heavy atom. The molecule has 2 aromatic rings. The van der Waals surface area contributed by atoms with Crippen molar-refractivity contribution in [3.8, 4) is 22.6 Å². The average molecular weight is 408 g/mol. The molecule has 0 radical (unpaired) electrons. The third kappa shape index (κ3) is 3.17. The maximum Gasteiger partial charge on any atom is 0.255 e. The number of benzene rings is 1. The Labute approximate surface area is 178 Å². The van der Waals surface area contributed by atoms with Gasteiger partial charge in [-0.1, -0.05) is 32.4 Å². The highest BCUT2D eigenvalue weighted by Gasteiger charge is 2.53. The van der Waals surface area contributed by atoms with E-state index in [0.717, 1.165) is 24.8 Å². The Morgan fingerprint density at radius 3 is 2.67 bits per heavy atom. The molecule has 4 unspecified atom stereocenters. The van der Waals surface area contributed by atoms with Gasteiger partial charge in [-0.2, -0.15) is 0 Å². The smallest absolute Gasteiger partial charge is 0.255 e. The molecule has 0 amide bonds. The van der Waals surface area contributed by atoms with Gasteiger partial charge in [0.25, 0.3) is 5.56 Å². The molecule has 1 aromatic carbocycles. The van der Waals surface area contributed by atoms with Crippen LogP contribution < -0.4 is 5.56 Å². The van der Waals surface area contributed by atoms with Gasteiger partial charge in [0.15, 0.2) is 0 Å². The second-order valence-electron chi connectivity index (χ2n) is 9.97. The Bertz CT molecular complexity index is 1050. The molecule has 1 heterocycles. The number of H-pyrrole nitrogens is 1. The van der Waals surface area contributed by atoms with E-state index in [1.807, 2.05) is 0 Å². The van der Waals surface area contributed by atoms with Crippen molar-refractivity contribution in [1.82, 2.24) is 4.98 Å². The van der Waals surface area contributed by atoms with E-state index in [1.54, 1.807) is 24.4 Å². The lowest BCUT2D eigenvalue weighted by Gasteiger charge is -2.58. The third-order valence-corrected chi connectivity index (χ3v) is 8.45. The molecule has 0 saturated heterocycles. The summed E-state index contributed by atoms with van der Waals surface area (Å²) in [5.41, 5.74) is 2.88. The summed E-state index contributed by atoms with van der Waals surface area (Å²) in [5.74, 6) is 1.21. The van der Waals surface area contributed by atoms with Gasteiger partial charge in [-0.15, -0.1) is 0 Å². The molecule has 1 aromatic heterocycles. The van der Waals surface area contributed by atoms with Crippen LogP contribution in [0.1, 0.15) is 58.9 Å². The fourth-order valence-electron chi connectivity index (χ4n) is 6.27. The van der Waals surface area contributed by atoms with Crippen molar-refractivity contribution in [2.75, 3.05) is 0 Å². The van der Waals surface area contributed by atoms with Crippen molar-refractivity contribution in [3.05, 3.63) is 58.0 Å². The number of allylic oxidation sites excluding steroid dienone is 2. The van der Waals surface area contributed by atoms with Gasteiger partial charge in [0, 0.05) is 11.8 Å². The number of phenols is 2. The van der Waals surface area contributed by atoms with Crippen LogP contribution in [0, 0.1) is 22.7 Å². The van der Waals surface area contributed by atoms with Crippen molar-refractivity contribution in [3.63, 3.8) is 0 Å². The summed E-state index contributed by atoms with van der Waals surface area (Å²) < 4.78 is 0. The summed E-state index contributed by atoms with van der Waals surface area (Å²) in [6, 6.07) is 6.56. The maximum atomic E-state index is 12.3. The Morgan fingerprint density at radius 2 is 1.93 bits per heavy atom. The standard InChI is InChI=1S/C26H33NO3/c1-16-7-5-9-22-25(16,3)11-10-17(2)26(22,4)15-18-13-19(28)14-21(23(18)29)20-8-6-12-27-24(20)30/h6-8,12-14,17,22,28-29H,5,9-11,15H2,1-4H3,(H,27,30). The maximum absolute atomic E-state index is 12.3. The predicted octanol–water partition coefficient (Wildman–Crippen LogP) is 5.79. The summed E-state index contributed by atoms with van der Waals surface area (Å²) in [7, 11) is 0. The first-order chi connectivity index (χ1) is 14.2. The van der Waals surface area contributed by atoms with Crippen LogP contribution in [-0.4, -0.2) is 15.2 Å². The number of aromatic amines is 1. The Hall–Kier alpha value is -2.49. The molecule has 4 nitrogen and oxygen atoms in total. The molecule has 4 heteroatoms. The lowest BCUT2D eigenvalue weighted by atomic mass is 9.47. The minimum absolute atomic E-state index is 0.00578. The topological polar surface area (TPSA) is 73.3 Å². The monoisotopic (exact) mass is 407 g/mol. The lowest BCUT2D eigenvalue weighted by molar-refractivity contribution is -0.0412. The summed E-state index contributed by atoms with van der Waals surface area (Å²) in [6.07, 6.45) is 9.26. The zero-order chi connectivity index (χ0) is 21.7. The van der Waals surface area contributed by atoms with Crippen LogP contribution in [0.2, 0.25) is 0 Å². The molecule has 0 aliphatic heterocycles. The first-order valence-corrected chi connectivity index (χ1v) is 11.1. The molecule has 2 aliphatic carbocycles. The van der Waals surface area contributed by atoms with E-state index in [-0.39, 0.29) is 27.9 Å². The zero-order valence-electron chi connectivity index (χ0n) is 18.5. The van der Waals surface area contributed by atoms with E-state index >= 15 is 0 Å². The van der Waals surface area contributed by atoms with Gasteiger partial charge in [0.2, 0.25) is 0 Å². The molecule has 160 valence electrons. The molecule has 0 bridgehead atoms. The molecule has 4 rings (SSSR count). The van der Waals surface area contributed by atoms with E-state index in [1.165, 1.54) is 18.1 Å². The van der Waals surface area contributed by atoms with Crippen LogP contribution >= 0.6 is 0 Å². The second-order valence-corrected chi connectivity index (χ2v) is 9.97. The molecule has 1 saturated carbocycles. The quantitative estimate of drug-likeness (QED) is 0.445. The van der Waals surface area contributed by atoms with Crippen LogP contribution in [0.15, 0.2) is 46.9 Å². The van der Waals surface area contributed by atoms with Crippen LogP contribution in [0.3, 0.4) is 0 Å². The van der Waals surface area contributed by atoms with E-state index < -0.39 is 0 Å². The molecule has 4 atom stereocenters. The van der Waals surface area contributed by atoms with Crippen molar-refractivity contribution in [1.29, 1.82) is 0 Å². The fourth-order valence-corrected chi connectivity index (χ4v) is 6.27. The van der Waals surface area contributed by atoms with E-state index in [0.29, 0.717) is 29.4 Å². The minimum atomic E-state index is -0.276. The van der Waals surface area contributed by atoms with Gasteiger partial charge in [-0.05, 0) is 91.5 Å². The molecule has 3 N–H and O–H groups in total. The molecule has 30 heavy (non-hydrogen) atoms. The van der Waals surface area contributed by atoms with Crippen LogP contribution in [0.25, 0.3) is 11.1 Å². The number of phenolic OH excluding ortho intramolecular Hbond substituents is 2. The molecular formula is C26H33NO3. The van der Waals surface area contributed by atoms with Crippen molar-refractivity contribution >= 4 is 0 Å². The van der Waals surface area contributed by atoms with Crippen molar-refractivity contribution < 1.29 is 10.2 Å². The SMILES string of the molecule is CC1=CCCC2C1(C)CCC(C)C2(C)Cc1cc(O)cc(-c2ccc[nH]c2=O)c1O. The van der Waals surface area contributed by atoms with Gasteiger partial charge in [0.1, 0.15) is 11.5 Å². The lowest BCUT2D eigenvalue weighted by Crippen LogP contribution is -2.50. The predicted molar refractivity (Wildman–Crippen MR) is 121 cm³/mol. The molecule has 1 fully saturated rings. The van der Waals surface area contributed by atoms with Crippen molar-refractivity contribution in [2.24, 2.45) is 22.7 Å². The summed E-state index contributed by atoms with van der Waals surface area (Å²) in [4.78, 5) is 15.0.